The van der Waals surface area contributed by atoms with Crippen LogP contribution in [0.15, 0.2) is 12.2 Å². The molecule has 0 radical (unpaired) electrons. The van der Waals surface area contributed by atoms with Crippen LogP contribution in [0.4, 0.5) is 0 Å². The monoisotopic (exact) mass is 820 g/mol. The minimum Gasteiger partial charge on any atom is -0.394 e. The van der Waals surface area contributed by atoms with Gasteiger partial charge in [-0.3, -0.25) is 4.79 Å². The maximum absolute atomic E-state index is 12.5. The Balaban J connectivity index is 3.53. The van der Waals surface area contributed by atoms with Gasteiger partial charge in [0, 0.05) is 0 Å². The van der Waals surface area contributed by atoms with Crippen LogP contribution in [0.5, 0.6) is 0 Å². The molecule has 346 valence electrons. The largest absolute Gasteiger partial charge is 0.394 e. The van der Waals surface area contributed by atoms with Crippen LogP contribution in [-0.4, -0.2) is 46.1 Å². The Bertz CT molecular complexity index is 818. The first kappa shape index (κ1) is 57.1. The number of aliphatic hydroxyl groups is 3. The van der Waals surface area contributed by atoms with E-state index in [1.807, 2.05) is 6.08 Å². The summed E-state index contributed by atoms with van der Waals surface area (Å²) in [5, 5.41) is 33.4. The lowest BCUT2D eigenvalue weighted by Crippen LogP contribution is -2.45. The van der Waals surface area contributed by atoms with Gasteiger partial charge in [0.2, 0.25) is 5.91 Å². The molecular formula is C53H105NO4. The van der Waals surface area contributed by atoms with Crippen LogP contribution in [0.2, 0.25) is 0 Å². The van der Waals surface area contributed by atoms with Gasteiger partial charge < -0.3 is 20.6 Å². The lowest BCUT2D eigenvalue weighted by molar-refractivity contribution is -0.124. The second-order valence-corrected chi connectivity index (χ2v) is 18.5. The zero-order valence-electron chi connectivity index (χ0n) is 39.5. The molecule has 0 aromatic rings. The number of aliphatic hydroxyl groups excluding tert-OH is 3. The molecule has 58 heavy (non-hydrogen) atoms. The van der Waals surface area contributed by atoms with Gasteiger partial charge in [0.15, 0.2) is 0 Å². The molecule has 0 spiro atoms. The zero-order valence-corrected chi connectivity index (χ0v) is 39.5. The molecule has 0 fully saturated rings. The number of unbranched alkanes of at least 4 members (excludes halogenated alkanes) is 40. The van der Waals surface area contributed by atoms with E-state index in [0.29, 0.717) is 6.42 Å². The molecule has 0 heterocycles. The molecule has 0 saturated heterocycles. The van der Waals surface area contributed by atoms with E-state index in [4.69, 9.17) is 0 Å². The van der Waals surface area contributed by atoms with Crippen LogP contribution in [0.25, 0.3) is 0 Å². The highest BCUT2D eigenvalue weighted by Crippen LogP contribution is 2.18. The lowest BCUT2D eigenvalue weighted by atomic mass is 10.0. The summed E-state index contributed by atoms with van der Waals surface area (Å²) in [7, 11) is 0. The highest BCUT2D eigenvalue weighted by atomic mass is 16.3. The fourth-order valence-corrected chi connectivity index (χ4v) is 8.52. The molecule has 0 aliphatic heterocycles. The van der Waals surface area contributed by atoms with Crippen LogP contribution in [0.3, 0.4) is 0 Å². The van der Waals surface area contributed by atoms with Gasteiger partial charge in [-0.2, -0.15) is 0 Å². The normalized spacial score (nSPS) is 13.4. The summed E-state index contributed by atoms with van der Waals surface area (Å²) in [4.78, 5) is 12.5. The summed E-state index contributed by atoms with van der Waals surface area (Å²) >= 11 is 0. The average molecular weight is 820 g/mol. The van der Waals surface area contributed by atoms with E-state index in [-0.39, 0.29) is 18.9 Å². The van der Waals surface area contributed by atoms with Gasteiger partial charge in [-0.05, 0) is 19.3 Å². The second kappa shape index (κ2) is 48.8. The predicted molar refractivity (Wildman–Crippen MR) is 255 cm³/mol. The van der Waals surface area contributed by atoms with Crippen LogP contribution < -0.4 is 5.32 Å². The predicted octanol–water partition coefficient (Wildman–Crippen LogP) is 15.9. The molecule has 0 aromatic carbocycles. The third kappa shape index (κ3) is 44.6. The SMILES string of the molecule is CCCCCCCCCCCCCCCCC/C=C/C(O)C(CO)NC(=O)CC(O)CCCCCCCCCCCCCCCCCCCCCCCCCCCC. The minimum atomic E-state index is -0.925. The number of allylic oxidation sites excluding steroid dienone is 1. The number of rotatable bonds is 49. The van der Waals surface area contributed by atoms with Crippen molar-refractivity contribution in [1.29, 1.82) is 0 Å². The van der Waals surface area contributed by atoms with Gasteiger partial charge in [0.05, 0.1) is 31.3 Å². The van der Waals surface area contributed by atoms with Gasteiger partial charge in [-0.25, -0.2) is 0 Å². The Morgan fingerprint density at radius 3 is 1.00 bits per heavy atom. The van der Waals surface area contributed by atoms with E-state index in [2.05, 4.69) is 19.2 Å². The van der Waals surface area contributed by atoms with E-state index in [9.17, 15) is 20.1 Å². The average Bonchev–Trinajstić information content (AvgIpc) is 3.22. The molecule has 0 rings (SSSR count). The summed E-state index contributed by atoms with van der Waals surface area (Å²) in [6.45, 7) is 4.25. The first-order valence-electron chi connectivity index (χ1n) is 26.5. The van der Waals surface area contributed by atoms with Crippen molar-refractivity contribution in [3.8, 4) is 0 Å². The van der Waals surface area contributed by atoms with Crippen molar-refractivity contribution in [1.82, 2.24) is 5.32 Å². The number of amides is 1. The van der Waals surface area contributed by atoms with Crippen molar-refractivity contribution in [3.05, 3.63) is 12.2 Å². The van der Waals surface area contributed by atoms with Gasteiger partial charge in [0.25, 0.3) is 0 Å². The van der Waals surface area contributed by atoms with Crippen molar-refractivity contribution in [2.24, 2.45) is 0 Å². The Morgan fingerprint density at radius 1 is 0.431 bits per heavy atom. The van der Waals surface area contributed by atoms with Crippen molar-refractivity contribution < 1.29 is 20.1 Å². The van der Waals surface area contributed by atoms with E-state index >= 15 is 0 Å². The first-order valence-corrected chi connectivity index (χ1v) is 26.5. The molecule has 5 heteroatoms. The topological polar surface area (TPSA) is 89.8 Å². The molecule has 1 amide bonds. The molecule has 0 bridgehead atoms. The van der Waals surface area contributed by atoms with Gasteiger partial charge in [-0.15, -0.1) is 0 Å². The molecule has 0 saturated carbocycles. The summed E-state index contributed by atoms with van der Waals surface area (Å²) < 4.78 is 0. The van der Waals surface area contributed by atoms with Crippen LogP contribution >= 0.6 is 0 Å². The summed E-state index contributed by atoms with van der Waals surface area (Å²) in [6, 6.07) is -0.740. The van der Waals surface area contributed by atoms with Gasteiger partial charge in [0.1, 0.15) is 0 Å². The van der Waals surface area contributed by atoms with E-state index in [1.54, 1.807) is 6.08 Å². The standard InChI is InChI=1S/C53H105NO4/c1-3-5-7-9-11-13-15-17-19-21-22-23-24-25-26-27-28-29-31-32-34-36-38-40-42-44-46-50(56)48-53(58)54-51(49-55)52(57)47-45-43-41-39-37-35-33-30-20-18-16-14-12-10-8-6-4-2/h45,47,50-52,55-57H,3-44,46,48-49H2,1-2H3,(H,54,58)/b47-45+. The number of nitrogens with one attached hydrogen (secondary N) is 1. The maximum Gasteiger partial charge on any atom is 0.222 e. The Hall–Kier alpha value is -0.910. The van der Waals surface area contributed by atoms with Gasteiger partial charge >= 0.3 is 0 Å². The Kier molecular flexibility index (Phi) is 48.0. The number of carbonyl (C=O) groups is 1. The molecule has 3 atom stereocenters. The fraction of sp³-hybridized carbons (Fsp3) is 0.943. The molecule has 0 aliphatic carbocycles. The third-order valence-electron chi connectivity index (χ3n) is 12.6. The Morgan fingerprint density at radius 2 is 0.707 bits per heavy atom. The van der Waals surface area contributed by atoms with E-state index in [0.717, 1.165) is 25.7 Å². The highest BCUT2D eigenvalue weighted by molar-refractivity contribution is 5.76. The fourth-order valence-electron chi connectivity index (χ4n) is 8.52. The number of carbonyl (C=O) groups excluding carboxylic acids is 1. The molecular weight excluding hydrogens is 715 g/mol. The molecule has 3 unspecified atom stereocenters. The second-order valence-electron chi connectivity index (χ2n) is 18.5. The highest BCUT2D eigenvalue weighted by Gasteiger charge is 2.20. The smallest absolute Gasteiger partial charge is 0.222 e. The molecule has 0 aromatic heterocycles. The number of hydrogen-bond donors (Lipinski definition) is 4. The zero-order chi connectivity index (χ0) is 42.3. The molecule has 0 aliphatic rings. The third-order valence-corrected chi connectivity index (χ3v) is 12.6. The van der Waals surface area contributed by atoms with Crippen molar-refractivity contribution >= 4 is 5.91 Å². The summed E-state index contributed by atoms with van der Waals surface area (Å²) in [6.07, 6.45) is 59.6. The first-order chi connectivity index (χ1) is 28.5. The van der Waals surface area contributed by atoms with Crippen molar-refractivity contribution in [3.63, 3.8) is 0 Å². The quantitative estimate of drug-likeness (QED) is 0.0364. The van der Waals surface area contributed by atoms with E-state index in [1.165, 1.54) is 244 Å². The van der Waals surface area contributed by atoms with Crippen molar-refractivity contribution in [2.45, 2.75) is 315 Å². The van der Waals surface area contributed by atoms with Crippen LogP contribution in [0.1, 0.15) is 296 Å². The maximum atomic E-state index is 12.5. The van der Waals surface area contributed by atoms with Crippen LogP contribution in [0, 0.1) is 0 Å². The summed E-state index contributed by atoms with van der Waals surface area (Å²) in [5.41, 5.74) is 0. The Labute approximate surface area is 363 Å². The minimum absolute atomic E-state index is 0.0193. The van der Waals surface area contributed by atoms with Crippen LogP contribution in [-0.2, 0) is 4.79 Å². The number of hydrogen-bond acceptors (Lipinski definition) is 4. The summed E-state index contributed by atoms with van der Waals surface area (Å²) in [5.74, 6) is -0.309. The van der Waals surface area contributed by atoms with E-state index < -0.39 is 18.2 Å². The van der Waals surface area contributed by atoms with Gasteiger partial charge in [-0.1, -0.05) is 283 Å². The van der Waals surface area contributed by atoms with Crippen molar-refractivity contribution in [2.75, 3.05) is 6.61 Å². The molecule has 4 N–H and O–H groups in total. The lowest BCUT2D eigenvalue weighted by Gasteiger charge is -2.21. The molecule has 5 nitrogen and oxygen atoms in total.